The minimum absolute atomic E-state index is 0. The molecule has 0 saturated carbocycles. The fourth-order valence-electron chi connectivity index (χ4n) is 1.000. The highest BCUT2D eigenvalue weighted by Crippen LogP contribution is 2.10. The number of benzene rings is 1. The molecular weight excluding hydrogens is 223 g/mol. The van der Waals surface area contributed by atoms with E-state index in [1.54, 1.807) is 0 Å². The van der Waals surface area contributed by atoms with Crippen molar-refractivity contribution in [3.63, 3.8) is 0 Å². The highest BCUT2D eigenvalue weighted by atomic mass is 35.5. The van der Waals surface area contributed by atoms with Crippen molar-refractivity contribution in [3.05, 3.63) is 34.9 Å². The molecule has 1 aromatic rings. The van der Waals surface area contributed by atoms with Crippen molar-refractivity contribution in [2.75, 3.05) is 7.11 Å². The van der Waals surface area contributed by atoms with E-state index < -0.39 is 0 Å². The zero-order valence-electron chi connectivity index (χ0n) is 7.83. The van der Waals surface area contributed by atoms with Gasteiger partial charge in [0.15, 0.2) is 0 Å². The molecule has 0 spiro atoms. The lowest BCUT2D eigenvalue weighted by Crippen LogP contribution is -2.01. The summed E-state index contributed by atoms with van der Waals surface area (Å²) in [6, 6.07) is 7.44. The van der Waals surface area contributed by atoms with E-state index in [1.165, 1.54) is 7.11 Å². The Kier molecular flexibility index (Phi) is 6.34. The number of carbonyl (C=O) groups excluding carboxylic acids is 1. The Bertz CT molecular complexity index is 283. The Morgan fingerprint density at radius 2 is 1.93 bits per heavy atom. The van der Waals surface area contributed by atoms with Gasteiger partial charge >= 0.3 is 5.97 Å². The summed E-state index contributed by atoms with van der Waals surface area (Å²) in [5.41, 5.74) is 1.09. The molecule has 0 bridgehead atoms. The molecule has 0 heterocycles. The van der Waals surface area contributed by atoms with Crippen molar-refractivity contribution in [1.29, 1.82) is 0 Å². The van der Waals surface area contributed by atoms with E-state index in [0.29, 0.717) is 17.9 Å². The Balaban J connectivity index is 0.00000169. The first-order valence-corrected chi connectivity index (χ1v) is 4.41. The number of hydrogen-bond donors (Lipinski definition) is 0. The van der Waals surface area contributed by atoms with Crippen LogP contribution in [0.25, 0.3) is 0 Å². The number of methoxy groups -OCH3 is 1. The monoisotopic (exact) mass is 234 g/mol. The van der Waals surface area contributed by atoms with Crippen molar-refractivity contribution in [2.45, 2.75) is 12.8 Å². The highest BCUT2D eigenvalue weighted by Gasteiger charge is 2.00. The van der Waals surface area contributed by atoms with E-state index >= 15 is 0 Å². The number of carbonyl (C=O) groups is 1. The van der Waals surface area contributed by atoms with Crippen LogP contribution in [0.1, 0.15) is 12.0 Å². The van der Waals surface area contributed by atoms with Crippen LogP contribution < -0.4 is 0 Å². The zero-order chi connectivity index (χ0) is 9.68. The van der Waals surface area contributed by atoms with E-state index in [0.717, 1.165) is 5.56 Å². The molecule has 0 aliphatic heterocycles. The van der Waals surface area contributed by atoms with Gasteiger partial charge in [0, 0.05) is 11.4 Å². The zero-order valence-corrected chi connectivity index (χ0v) is 9.40. The lowest BCUT2D eigenvalue weighted by atomic mass is 10.1. The quantitative estimate of drug-likeness (QED) is 0.753. The van der Waals surface area contributed by atoms with Crippen molar-refractivity contribution in [1.82, 2.24) is 0 Å². The summed E-state index contributed by atoms with van der Waals surface area (Å²) in [5.74, 6) is -0.185. The molecular formula is C10H12Cl2O2. The summed E-state index contributed by atoms with van der Waals surface area (Å²) in [7, 11) is 1.39. The second-order valence-electron chi connectivity index (χ2n) is 2.70. The van der Waals surface area contributed by atoms with E-state index in [4.69, 9.17) is 11.6 Å². The smallest absolute Gasteiger partial charge is 0.305 e. The molecule has 2 nitrogen and oxygen atoms in total. The molecule has 0 aliphatic carbocycles. The summed E-state index contributed by atoms with van der Waals surface area (Å²) in [5, 5.41) is 0.710. The van der Waals surface area contributed by atoms with Gasteiger partial charge in [-0.25, -0.2) is 0 Å². The lowest BCUT2D eigenvalue weighted by Gasteiger charge is -1.99. The minimum Gasteiger partial charge on any atom is -0.469 e. The van der Waals surface area contributed by atoms with Gasteiger partial charge in [0.05, 0.1) is 7.11 Å². The highest BCUT2D eigenvalue weighted by molar-refractivity contribution is 6.30. The SMILES string of the molecule is COC(=O)CCc1ccc(Cl)cc1.Cl. The molecule has 0 unspecified atom stereocenters. The van der Waals surface area contributed by atoms with E-state index in [2.05, 4.69) is 4.74 Å². The van der Waals surface area contributed by atoms with Crippen LogP contribution in [0.3, 0.4) is 0 Å². The molecule has 78 valence electrons. The predicted molar refractivity (Wildman–Crippen MR) is 59.0 cm³/mol. The molecule has 0 atom stereocenters. The summed E-state index contributed by atoms with van der Waals surface area (Å²) in [6.07, 6.45) is 1.11. The molecule has 0 radical (unpaired) electrons. The van der Waals surface area contributed by atoms with Gasteiger partial charge in [-0.3, -0.25) is 4.79 Å². The van der Waals surface area contributed by atoms with Crippen molar-refractivity contribution >= 4 is 30.0 Å². The Hall–Kier alpha value is -0.730. The van der Waals surface area contributed by atoms with Gasteiger partial charge in [0.2, 0.25) is 0 Å². The molecule has 0 fully saturated rings. The van der Waals surface area contributed by atoms with Gasteiger partial charge in [-0.2, -0.15) is 0 Å². The number of hydrogen-bond acceptors (Lipinski definition) is 2. The molecule has 0 aliphatic rings. The fraction of sp³-hybridized carbons (Fsp3) is 0.300. The first kappa shape index (κ1) is 13.3. The van der Waals surface area contributed by atoms with Gasteiger partial charge in [-0.1, -0.05) is 23.7 Å². The molecule has 0 saturated heterocycles. The molecule has 0 aromatic heterocycles. The maximum absolute atomic E-state index is 10.8. The Morgan fingerprint density at radius 1 is 1.36 bits per heavy atom. The predicted octanol–water partition coefficient (Wildman–Crippen LogP) is 2.87. The summed E-state index contributed by atoms with van der Waals surface area (Å²) in [6.45, 7) is 0. The van der Waals surface area contributed by atoms with Crippen molar-refractivity contribution in [2.24, 2.45) is 0 Å². The standard InChI is InChI=1S/C10H11ClO2.ClH/c1-13-10(12)7-4-8-2-5-9(11)6-3-8;/h2-3,5-6H,4,7H2,1H3;1H. The third-order valence-corrected chi connectivity index (χ3v) is 2.01. The third kappa shape index (κ3) is 4.49. The fourth-order valence-corrected chi connectivity index (χ4v) is 1.13. The topological polar surface area (TPSA) is 26.3 Å². The first-order valence-electron chi connectivity index (χ1n) is 4.03. The maximum Gasteiger partial charge on any atom is 0.305 e. The summed E-state index contributed by atoms with van der Waals surface area (Å²) < 4.78 is 4.53. The van der Waals surface area contributed by atoms with Crippen LogP contribution >= 0.6 is 24.0 Å². The second-order valence-corrected chi connectivity index (χ2v) is 3.14. The van der Waals surface area contributed by atoms with Crippen LogP contribution in [0.15, 0.2) is 24.3 Å². The summed E-state index contributed by atoms with van der Waals surface area (Å²) in [4.78, 5) is 10.8. The largest absolute Gasteiger partial charge is 0.469 e. The molecule has 0 N–H and O–H groups in total. The van der Waals surface area contributed by atoms with Crippen LogP contribution in [0.4, 0.5) is 0 Å². The van der Waals surface area contributed by atoms with Crippen molar-refractivity contribution < 1.29 is 9.53 Å². The average Bonchev–Trinajstić information content (AvgIpc) is 2.16. The average molecular weight is 235 g/mol. The maximum atomic E-state index is 10.8. The minimum atomic E-state index is -0.185. The summed E-state index contributed by atoms with van der Waals surface area (Å²) >= 11 is 5.71. The molecule has 1 aromatic carbocycles. The Morgan fingerprint density at radius 3 is 2.43 bits per heavy atom. The molecule has 0 amide bonds. The first-order chi connectivity index (χ1) is 6.22. The second kappa shape index (κ2) is 6.68. The van der Waals surface area contributed by atoms with Gasteiger partial charge < -0.3 is 4.74 Å². The van der Waals surface area contributed by atoms with Crippen LogP contribution in [0.2, 0.25) is 5.02 Å². The Labute approximate surface area is 94.6 Å². The number of halogens is 2. The number of rotatable bonds is 3. The third-order valence-electron chi connectivity index (χ3n) is 1.76. The van der Waals surface area contributed by atoms with E-state index in [9.17, 15) is 4.79 Å². The van der Waals surface area contributed by atoms with Gasteiger partial charge in [-0.05, 0) is 24.1 Å². The van der Waals surface area contributed by atoms with Gasteiger partial charge in [-0.15, -0.1) is 12.4 Å². The normalized spacial score (nSPS) is 9.00. The van der Waals surface area contributed by atoms with Crippen LogP contribution in [-0.2, 0) is 16.0 Å². The number of esters is 1. The van der Waals surface area contributed by atoms with Crippen molar-refractivity contribution in [3.8, 4) is 0 Å². The molecule has 14 heavy (non-hydrogen) atoms. The van der Waals surface area contributed by atoms with Gasteiger partial charge in [0.1, 0.15) is 0 Å². The molecule has 4 heteroatoms. The van der Waals surface area contributed by atoms with Crippen LogP contribution in [-0.4, -0.2) is 13.1 Å². The van der Waals surface area contributed by atoms with Crippen LogP contribution in [0, 0.1) is 0 Å². The number of aryl methyl sites for hydroxylation is 1. The van der Waals surface area contributed by atoms with Gasteiger partial charge in [0.25, 0.3) is 0 Å². The molecule has 1 rings (SSSR count). The van der Waals surface area contributed by atoms with E-state index in [1.807, 2.05) is 24.3 Å². The number of ether oxygens (including phenoxy) is 1. The lowest BCUT2D eigenvalue weighted by molar-refractivity contribution is -0.140. The van der Waals surface area contributed by atoms with Crippen LogP contribution in [0.5, 0.6) is 0 Å². The van der Waals surface area contributed by atoms with E-state index in [-0.39, 0.29) is 18.4 Å².